The van der Waals surface area contributed by atoms with E-state index < -0.39 is 6.09 Å². The van der Waals surface area contributed by atoms with Crippen LogP contribution in [0.2, 0.25) is 0 Å². The molecule has 0 aliphatic rings. The number of para-hydroxylation sites is 1. The quantitative estimate of drug-likeness (QED) is 0.498. The summed E-state index contributed by atoms with van der Waals surface area (Å²) in [5.41, 5.74) is 4.24. The molecule has 0 spiro atoms. The van der Waals surface area contributed by atoms with Crippen molar-refractivity contribution >= 4 is 23.5 Å². The Morgan fingerprint density at radius 1 is 0.821 bits per heavy atom. The van der Waals surface area contributed by atoms with Crippen LogP contribution in [0.25, 0.3) is 11.1 Å². The second-order valence-electron chi connectivity index (χ2n) is 6.17. The molecule has 0 saturated carbocycles. The summed E-state index contributed by atoms with van der Waals surface area (Å²) in [7, 11) is 0. The van der Waals surface area contributed by atoms with Gasteiger partial charge < -0.3 is 21.1 Å². The minimum Gasteiger partial charge on any atom is -0.465 e. The molecule has 3 aromatic carbocycles. The Kier molecular flexibility index (Phi) is 6.25. The van der Waals surface area contributed by atoms with Crippen molar-refractivity contribution in [2.75, 3.05) is 17.2 Å². The van der Waals surface area contributed by atoms with E-state index in [2.05, 4.69) is 16.0 Å². The van der Waals surface area contributed by atoms with Crippen molar-refractivity contribution in [3.05, 3.63) is 84.4 Å². The Bertz CT molecular complexity index is 958. The topological polar surface area (TPSA) is 90.5 Å². The van der Waals surface area contributed by atoms with Gasteiger partial charge >= 0.3 is 12.1 Å². The predicted molar refractivity (Wildman–Crippen MR) is 111 cm³/mol. The number of hydrogen-bond acceptors (Lipinski definition) is 2. The first-order chi connectivity index (χ1) is 13.6. The molecule has 0 bridgehead atoms. The van der Waals surface area contributed by atoms with Crippen LogP contribution in [0.1, 0.15) is 5.56 Å². The maximum absolute atomic E-state index is 12.5. The lowest BCUT2D eigenvalue weighted by Crippen LogP contribution is -2.23. The standard InChI is InChI=1S/C22H21N3O3/c26-21(24-18-10-6-7-16(15-18)13-14-23-22(27)28)25-20-12-5-4-11-19(20)17-8-2-1-3-9-17/h1-12,15,23H,13-14H2,(H,27,28)(H2,24,25,26). The van der Waals surface area contributed by atoms with E-state index in [9.17, 15) is 9.59 Å². The number of carbonyl (C=O) groups is 2. The number of carbonyl (C=O) groups excluding carboxylic acids is 1. The van der Waals surface area contributed by atoms with E-state index in [1.807, 2.05) is 72.8 Å². The van der Waals surface area contributed by atoms with Gasteiger partial charge in [-0.25, -0.2) is 9.59 Å². The highest BCUT2D eigenvalue weighted by Crippen LogP contribution is 2.27. The summed E-state index contributed by atoms with van der Waals surface area (Å²) in [6.45, 7) is 0.315. The second-order valence-corrected chi connectivity index (χ2v) is 6.17. The van der Waals surface area contributed by atoms with Gasteiger partial charge in [0, 0.05) is 17.8 Å². The van der Waals surface area contributed by atoms with Crippen LogP contribution in [-0.2, 0) is 6.42 Å². The number of benzene rings is 3. The molecule has 6 heteroatoms. The van der Waals surface area contributed by atoms with E-state index in [1.54, 1.807) is 6.07 Å². The van der Waals surface area contributed by atoms with E-state index in [-0.39, 0.29) is 6.03 Å². The first-order valence-electron chi connectivity index (χ1n) is 8.90. The van der Waals surface area contributed by atoms with Crippen molar-refractivity contribution < 1.29 is 14.7 Å². The van der Waals surface area contributed by atoms with Crippen LogP contribution in [0.15, 0.2) is 78.9 Å². The Balaban J connectivity index is 1.66. The summed E-state index contributed by atoms with van der Waals surface area (Å²) in [6.07, 6.45) is -0.508. The maximum atomic E-state index is 12.5. The normalized spacial score (nSPS) is 10.1. The van der Waals surface area contributed by atoms with Crippen molar-refractivity contribution in [2.45, 2.75) is 6.42 Å². The monoisotopic (exact) mass is 375 g/mol. The summed E-state index contributed by atoms with van der Waals surface area (Å²) < 4.78 is 0. The van der Waals surface area contributed by atoms with Gasteiger partial charge in [-0.2, -0.15) is 0 Å². The van der Waals surface area contributed by atoms with Crippen LogP contribution < -0.4 is 16.0 Å². The minimum atomic E-state index is -1.05. The fourth-order valence-corrected chi connectivity index (χ4v) is 2.86. The summed E-state index contributed by atoms with van der Waals surface area (Å²) >= 11 is 0. The van der Waals surface area contributed by atoms with Gasteiger partial charge in [0.15, 0.2) is 0 Å². The summed E-state index contributed by atoms with van der Waals surface area (Å²) in [5.74, 6) is 0. The molecule has 0 saturated heterocycles. The highest BCUT2D eigenvalue weighted by atomic mass is 16.4. The smallest absolute Gasteiger partial charge is 0.404 e. The zero-order valence-electron chi connectivity index (χ0n) is 15.2. The first-order valence-corrected chi connectivity index (χ1v) is 8.90. The van der Waals surface area contributed by atoms with Crippen LogP contribution in [-0.4, -0.2) is 23.8 Å². The highest BCUT2D eigenvalue weighted by Gasteiger charge is 2.08. The second kappa shape index (κ2) is 9.23. The molecule has 0 unspecified atom stereocenters. The molecule has 0 aromatic heterocycles. The fourth-order valence-electron chi connectivity index (χ4n) is 2.86. The van der Waals surface area contributed by atoms with Crippen LogP contribution in [0.5, 0.6) is 0 Å². The van der Waals surface area contributed by atoms with Crippen LogP contribution in [0, 0.1) is 0 Å². The lowest BCUT2D eigenvalue weighted by atomic mass is 10.0. The summed E-state index contributed by atoms with van der Waals surface area (Å²) in [6, 6.07) is 24.4. The molecule has 4 N–H and O–H groups in total. The van der Waals surface area contributed by atoms with E-state index in [0.717, 1.165) is 16.7 Å². The third kappa shape index (κ3) is 5.35. The number of urea groups is 1. The molecule has 0 heterocycles. The van der Waals surface area contributed by atoms with Crippen molar-refractivity contribution in [2.24, 2.45) is 0 Å². The third-order valence-electron chi connectivity index (χ3n) is 4.13. The number of nitrogens with one attached hydrogen (secondary N) is 3. The molecule has 6 nitrogen and oxygen atoms in total. The molecule has 3 rings (SSSR count). The Labute approximate surface area is 163 Å². The molecule has 28 heavy (non-hydrogen) atoms. The average molecular weight is 375 g/mol. The van der Waals surface area contributed by atoms with E-state index in [0.29, 0.717) is 24.3 Å². The van der Waals surface area contributed by atoms with Crippen molar-refractivity contribution in [3.8, 4) is 11.1 Å². The van der Waals surface area contributed by atoms with Crippen molar-refractivity contribution in [1.82, 2.24) is 5.32 Å². The minimum absolute atomic E-state index is 0.315. The van der Waals surface area contributed by atoms with Crippen LogP contribution in [0.3, 0.4) is 0 Å². The van der Waals surface area contributed by atoms with E-state index in [4.69, 9.17) is 5.11 Å². The average Bonchev–Trinajstić information content (AvgIpc) is 2.69. The molecule has 0 aliphatic heterocycles. The highest BCUT2D eigenvalue weighted by molar-refractivity contribution is 6.02. The van der Waals surface area contributed by atoms with Crippen molar-refractivity contribution in [3.63, 3.8) is 0 Å². The molecule has 142 valence electrons. The van der Waals surface area contributed by atoms with Gasteiger partial charge in [0.05, 0.1) is 5.69 Å². The SMILES string of the molecule is O=C(O)NCCc1cccc(NC(=O)Nc2ccccc2-c2ccccc2)c1. The van der Waals surface area contributed by atoms with Crippen LogP contribution >= 0.6 is 0 Å². The van der Waals surface area contributed by atoms with Gasteiger partial charge in [-0.05, 0) is 35.7 Å². The molecule has 0 fully saturated rings. The maximum Gasteiger partial charge on any atom is 0.404 e. The molecule has 3 amide bonds. The van der Waals surface area contributed by atoms with Gasteiger partial charge in [-0.1, -0.05) is 60.7 Å². The number of carboxylic acid groups (broad SMARTS) is 1. The Morgan fingerprint density at radius 3 is 2.36 bits per heavy atom. The zero-order valence-corrected chi connectivity index (χ0v) is 15.2. The number of anilines is 2. The lowest BCUT2D eigenvalue weighted by Gasteiger charge is -2.13. The van der Waals surface area contributed by atoms with Crippen LogP contribution in [0.4, 0.5) is 21.0 Å². The number of hydrogen-bond donors (Lipinski definition) is 4. The molecule has 3 aromatic rings. The zero-order chi connectivity index (χ0) is 19.8. The first kappa shape index (κ1) is 19.0. The summed E-state index contributed by atoms with van der Waals surface area (Å²) in [5, 5.41) is 16.7. The Hall–Kier alpha value is -3.80. The van der Waals surface area contributed by atoms with E-state index >= 15 is 0 Å². The van der Waals surface area contributed by atoms with Gasteiger partial charge in [0.25, 0.3) is 0 Å². The predicted octanol–water partition coefficient (Wildman–Crippen LogP) is 4.81. The van der Waals surface area contributed by atoms with Gasteiger partial charge in [-0.15, -0.1) is 0 Å². The summed E-state index contributed by atoms with van der Waals surface area (Å²) in [4.78, 5) is 23.0. The van der Waals surface area contributed by atoms with Gasteiger partial charge in [0.1, 0.15) is 0 Å². The molecular formula is C22H21N3O3. The van der Waals surface area contributed by atoms with Gasteiger partial charge in [0.2, 0.25) is 0 Å². The fraction of sp³-hybridized carbons (Fsp3) is 0.0909. The third-order valence-corrected chi connectivity index (χ3v) is 4.13. The molecule has 0 aliphatic carbocycles. The molecule has 0 atom stereocenters. The Morgan fingerprint density at radius 2 is 1.57 bits per heavy atom. The lowest BCUT2D eigenvalue weighted by molar-refractivity contribution is 0.194. The van der Waals surface area contributed by atoms with E-state index in [1.165, 1.54) is 0 Å². The van der Waals surface area contributed by atoms with Gasteiger partial charge in [-0.3, -0.25) is 0 Å². The molecule has 0 radical (unpaired) electrons. The number of rotatable bonds is 6. The largest absolute Gasteiger partial charge is 0.465 e. The molecular weight excluding hydrogens is 354 g/mol. The number of amides is 3. The van der Waals surface area contributed by atoms with Crippen molar-refractivity contribution in [1.29, 1.82) is 0 Å².